The predicted octanol–water partition coefficient (Wildman–Crippen LogP) is 1.32. The van der Waals surface area contributed by atoms with Crippen LogP contribution in [0.2, 0.25) is 5.02 Å². The molecule has 0 spiro atoms. The second-order valence-corrected chi connectivity index (χ2v) is 4.05. The van der Waals surface area contributed by atoms with E-state index >= 15 is 0 Å². The van der Waals surface area contributed by atoms with Crippen LogP contribution in [0.15, 0.2) is 9.59 Å². The summed E-state index contributed by atoms with van der Waals surface area (Å²) in [7, 11) is 0. The number of hydrogen-bond donors (Lipinski definition) is 3. The maximum absolute atomic E-state index is 11.2. The van der Waals surface area contributed by atoms with Crippen molar-refractivity contribution in [2.24, 2.45) is 0 Å². The summed E-state index contributed by atoms with van der Waals surface area (Å²) >= 11 is 5.78. The second-order valence-electron chi connectivity index (χ2n) is 3.67. The van der Waals surface area contributed by atoms with Gasteiger partial charge in [-0.15, -0.1) is 0 Å². The minimum atomic E-state index is -0.592. The molecule has 3 N–H and O–H groups in total. The smallest absolute Gasteiger partial charge is 0.326 e. The van der Waals surface area contributed by atoms with Crippen LogP contribution >= 0.6 is 11.6 Å². The van der Waals surface area contributed by atoms with Gasteiger partial charge in [0, 0.05) is 13.0 Å². The monoisotopic (exact) mass is 272 g/mol. The van der Waals surface area contributed by atoms with Gasteiger partial charge in [-0.1, -0.05) is 25.4 Å². The molecule has 0 unspecified atom stereocenters. The minimum Gasteiger partial charge on any atom is -0.355 e. The first-order chi connectivity index (χ1) is 8.58. The number of amidine groups is 1. The average molecular weight is 273 g/mol. The number of likely N-dealkylation sites (tertiary alicyclic amines) is 1. The van der Waals surface area contributed by atoms with Crippen molar-refractivity contribution in [1.82, 2.24) is 14.9 Å². The molecular weight excluding hydrogens is 256 g/mol. The number of nitrogens with zero attached hydrogens (tertiary/aromatic N) is 1. The van der Waals surface area contributed by atoms with Crippen molar-refractivity contribution in [1.29, 1.82) is 5.41 Å². The lowest BCUT2D eigenvalue weighted by molar-refractivity contribution is 0.438. The Bertz CT molecular complexity index is 535. The van der Waals surface area contributed by atoms with Gasteiger partial charge < -0.3 is 9.88 Å². The maximum Gasteiger partial charge on any atom is 0.326 e. The van der Waals surface area contributed by atoms with Gasteiger partial charge in [-0.05, 0) is 6.42 Å². The van der Waals surface area contributed by atoms with Gasteiger partial charge in [-0.2, -0.15) is 0 Å². The lowest BCUT2D eigenvalue weighted by Crippen LogP contribution is -2.30. The third-order valence-corrected chi connectivity index (χ3v) is 2.93. The van der Waals surface area contributed by atoms with E-state index in [0.29, 0.717) is 18.1 Å². The molecule has 0 atom stereocenters. The summed E-state index contributed by atoms with van der Waals surface area (Å²) in [5.74, 6) is 0.511. The molecule has 0 amide bonds. The maximum atomic E-state index is 11.2. The highest BCUT2D eigenvalue weighted by Crippen LogP contribution is 2.15. The highest BCUT2D eigenvalue weighted by Gasteiger charge is 2.19. The Kier molecular flexibility index (Phi) is 5.15. The summed E-state index contributed by atoms with van der Waals surface area (Å²) in [6.45, 7) is 5.06. The Hall–Kier alpha value is -1.56. The quantitative estimate of drug-likeness (QED) is 0.758. The fourth-order valence-electron chi connectivity index (χ4n) is 1.72. The molecule has 100 valence electrons. The van der Waals surface area contributed by atoms with E-state index in [0.717, 1.165) is 19.4 Å². The molecule has 2 heterocycles. The van der Waals surface area contributed by atoms with Crippen molar-refractivity contribution in [2.45, 2.75) is 33.2 Å². The first kappa shape index (κ1) is 14.5. The Labute approximate surface area is 109 Å². The topological polar surface area (TPSA) is 92.8 Å². The zero-order chi connectivity index (χ0) is 13.7. The van der Waals surface area contributed by atoms with Crippen LogP contribution in [0, 0.1) is 5.41 Å². The molecule has 1 aromatic rings. The van der Waals surface area contributed by atoms with Crippen molar-refractivity contribution in [2.75, 3.05) is 6.54 Å². The van der Waals surface area contributed by atoms with Crippen LogP contribution in [0.1, 0.15) is 32.4 Å². The summed E-state index contributed by atoms with van der Waals surface area (Å²) in [4.78, 5) is 28.6. The van der Waals surface area contributed by atoms with Gasteiger partial charge in [0.25, 0.3) is 5.56 Å². The molecule has 1 aliphatic heterocycles. The van der Waals surface area contributed by atoms with Crippen molar-refractivity contribution in [3.63, 3.8) is 0 Å². The summed E-state index contributed by atoms with van der Waals surface area (Å²) < 4.78 is 0. The van der Waals surface area contributed by atoms with Crippen LogP contribution in [0.3, 0.4) is 0 Å². The van der Waals surface area contributed by atoms with Gasteiger partial charge in [0.15, 0.2) is 0 Å². The largest absolute Gasteiger partial charge is 0.355 e. The number of nitrogens with one attached hydrogen (secondary N) is 3. The average Bonchev–Trinajstić information content (AvgIpc) is 2.74. The second kappa shape index (κ2) is 6.39. The van der Waals surface area contributed by atoms with Crippen LogP contribution in [0.25, 0.3) is 0 Å². The van der Waals surface area contributed by atoms with E-state index < -0.39 is 11.2 Å². The van der Waals surface area contributed by atoms with Crippen LogP contribution in [0.4, 0.5) is 0 Å². The van der Waals surface area contributed by atoms with E-state index in [9.17, 15) is 9.59 Å². The molecule has 0 aromatic carbocycles. The number of halogens is 1. The summed E-state index contributed by atoms with van der Waals surface area (Å²) in [6.07, 6.45) is 1.65. The molecule has 1 saturated heterocycles. The molecule has 0 radical (unpaired) electrons. The molecule has 2 rings (SSSR count). The molecule has 18 heavy (non-hydrogen) atoms. The Morgan fingerprint density at radius 3 is 2.56 bits per heavy atom. The van der Waals surface area contributed by atoms with Gasteiger partial charge in [0.1, 0.15) is 5.02 Å². The van der Waals surface area contributed by atoms with Gasteiger partial charge in [-0.3, -0.25) is 15.2 Å². The Morgan fingerprint density at radius 2 is 2.00 bits per heavy atom. The number of H-pyrrole nitrogens is 2. The molecule has 1 aromatic heterocycles. The van der Waals surface area contributed by atoms with E-state index in [2.05, 4.69) is 4.98 Å². The summed E-state index contributed by atoms with van der Waals surface area (Å²) in [5.41, 5.74) is -0.802. The number of rotatable bonds is 2. The van der Waals surface area contributed by atoms with Gasteiger partial charge in [0.2, 0.25) is 0 Å². The molecule has 1 fully saturated rings. The van der Waals surface area contributed by atoms with Crippen LogP contribution in [0.5, 0.6) is 0 Å². The van der Waals surface area contributed by atoms with Crippen molar-refractivity contribution < 1.29 is 0 Å². The molecule has 0 bridgehead atoms. The van der Waals surface area contributed by atoms with E-state index in [1.165, 1.54) is 0 Å². The standard InChI is InChI=1S/C9H11ClN4O2.C2H6/c10-7-5(12-9(16)13-8(7)15)4-14-3-1-2-6(14)11;1-2/h11H,1-4H2,(H2,12,13,15,16);1-2H3. The highest BCUT2D eigenvalue weighted by atomic mass is 35.5. The van der Waals surface area contributed by atoms with Crippen LogP contribution in [-0.2, 0) is 6.54 Å². The van der Waals surface area contributed by atoms with E-state index in [1.807, 2.05) is 18.8 Å². The van der Waals surface area contributed by atoms with Crippen molar-refractivity contribution >= 4 is 17.4 Å². The first-order valence-electron chi connectivity index (χ1n) is 5.91. The Morgan fingerprint density at radius 1 is 1.33 bits per heavy atom. The highest BCUT2D eigenvalue weighted by molar-refractivity contribution is 6.31. The SMILES string of the molecule is CC.N=C1CCCN1Cc1[nH]c(=O)[nH]c(=O)c1Cl. The zero-order valence-electron chi connectivity index (χ0n) is 10.5. The first-order valence-corrected chi connectivity index (χ1v) is 6.29. The third-order valence-electron chi connectivity index (χ3n) is 2.53. The molecule has 0 saturated carbocycles. The number of aromatic nitrogens is 2. The van der Waals surface area contributed by atoms with Crippen molar-refractivity contribution in [3.8, 4) is 0 Å². The minimum absolute atomic E-state index is 0.0145. The molecule has 7 heteroatoms. The fraction of sp³-hybridized carbons (Fsp3) is 0.545. The van der Waals surface area contributed by atoms with Crippen molar-refractivity contribution in [3.05, 3.63) is 31.6 Å². The lowest BCUT2D eigenvalue weighted by Gasteiger charge is -2.17. The molecular formula is C11H17ClN4O2. The Balaban J connectivity index is 0.000000771. The van der Waals surface area contributed by atoms with Gasteiger partial charge in [0.05, 0.1) is 18.1 Å². The van der Waals surface area contributed by atoms with Gasteiger partial charge in [-0.25, -0.2) is 4.79 Å². The van der Waals surface area contributed by atoms with E-state index in [-0.39, 0.29) is 5.02 Å². The zero-order valence-corrected chi connectivity index (χ0v) is 11.2. The molecule has 0 aliphatic carbocycles. The molecule has 6 nitrogen and oxygen atoms in total. The lowest BCUT2D eigenvalue weighted by atomic mass is 10.3. The summed E-state index contributed by atoms with van der Waals surface area (Å²) in [5, 5.41) is 7.62. The number of aromatic amines is 2. The van der Waals surface area contributed by atoms with E-state index in [1.54, 1.807) is 4.90 Å². The third kappa shape index (κ3) is 3.22. The number of hydrogen-bond acceptors (Lipinski definition) is 3. The fourth-order valence-corrected chi connectivity index (χ4v) is 1.88. The van der Waals surface area contributed by atoms with E-state index in [4.69, 9.17) is 17.0 Å². The van der Waals surface area contributed by atoms with Crippen LogP contribution in [-0.4, -0.2) is 27.2 Å². The molecule has 1 aliphatic rings. The summed E-state index contributed by atoms with van der Waals surface area (Å²) in [6, 6.07) is 0. The van der Waals surface area contributed by atoms with Gasteiger partial charge >= 0.3 is 5.69 Å². The van der Waals surface area contributed by atoms with Crippen LogP contribution < -0.4 is 11.2 Å². The predicted molar refractivity (Wildman–Crippen MR) is 71.4 cm³/mol. The normalized spacial score (nSPS) is 14.4.